The first-order valence-electron chi connectivity index (χ1n) is 9.01. The number of nitrogens with zero attached hydrogens (tertiary/aromatic N) is 2. The summed E-state index contributed by atoms with van der Waals surface area (Å²) < 4.78 is 27.0. The minimum atomic E-state index is -3.64. The van der Waals surface area contributed by atoms with Gasteiger partial charge >= 0.3 is 0 Å². The van der Waals surface area contributed by atoms with Crippen LogP contribution in [0.3, 0.4) is 0 Å². The fourth-order valence-electron chi connectivity index (χ4n) is 3.71. The average molecular weight is 399 g/mol. The minimum absolute atomic E-state index is 0.0513. The van der Waals surface area contributed by atoms with Gasteiger partial charge in [-0.15, -0.1) is 0 Å². The van der Waals surface area contributed by atoms with E-state index in [1.807, 2.05) is 0 Å². The number of sulfonamides is 1. The number of hydrogen-bond donors (Lipinski definition) is 2. The van der Waals surface area contributed by atoms with Crippen LogP contribution in [0.4, 0.5) is 0 Å². The number of carbonyl (C=O) groups excluding carboxylic acids is 1. The van der Waals surface area contributed by atoms with E-state index in [-0.39, 0.29) is 35.0 Å². The number of amides is 1. The predicted octanol–water partition coefficient (Wildman–Crippen LogP) is 0.818. The van der Waals surface area contributed by atoms with Crippen LogP contribution in [0.15, 0.2) is 29.2 Å². The predicted molar refractivity (Wildman–Crippen MR) is 98.0 cm³/mol. The summed E-state index contributed by atoms with van der Waals surface area (Å²) in [5, 5.41) is 0.221. The maximum Gasteiger partial charge on any atom is 0.244 e. The van der Waals surface area contributed by atoms with Crippen LogP contribution in [0.1, 0.15) is 19.3 Å². The van der Waals surface area contributed by atoms with Gasteiger partial charge in [-0.05, 0) is 37.3 Å². The molecule has 0 radical (unpaired) electrons. The Morgan fingerprint density at radius 3 is 2.42 bits per heavy atom. The molecule has 26 heavy (non-hydrogen) atoms. The Morgan fingerprint density at radius 1 is 1.08 bits per heavy atom. The van der Waals surface area contributed by atoms with E-state index in [2.05, 4.69) is 10.9 Å². The van der Waals surface area contributed by atoms with Crippen molar-refractivity contribution in [3.8, 4) is 0 Å². The van der Waals surface area contributed by atoms with E-state index in [4.69, 9.17) is 11.6 Å². The van der Waals surface area contributed by atoms with Crippen LogP contribution >= 0.6 is 11.6 Å². The molecule has 2 N–H and O–H groups in total. The number of rotatable bonds is 4. The highest BCUT2D eigenvalue weighted by atomic mass is 35.5. The van der Waals surface area contributed by atoms with Crippen molar-refractivity contribution in [2.75, 3.05) is 26.2 Å². The largest absolute Gasteiger partial charge is 0.339 e. The Bertz CT molecular complexity index is 791. The molecule has 9 heteroatoms. The van der Waals surface area contributed by atoms with Crippen LogP contribution in [-0.2, 0) is 14.8 Å². The molecule has 1 amide bonds. The maximum atomic E-state index is 12.8. The van der Waals surface area contributed by atoms with Crippen molar-refractivity contribution in [1.29, 1.82) is 0 Å². The van der Waals surface area contributed by atoms with E-state index in [9.17, 15) is 13.2 Å². The molecular formula is C17H23ClN4O3S. The summed E-state index contributed by atoms with van der Waals surface area (Å²) in [4.78, 5) is 14.6. The van der Waals surface area contributed by atoms with E-state index in [1.165, 1.54) is 23.2 Å². The van der Waals surface area contributed by atoms with Gasteiger partial charge in [0, 0.05) is 32.2 Å². The SMILES string of the molecule is O=C(C1CC(C2CC2)NN1)N1CCN(S(=O)(=O)c2ccccc2Cl)CC1. The summed E-state index contributed by atoms with van der Waals surface area (Å²) >= 11 is 6.05. The molecule has 2 unspecified atom stereocenters. The molecule has 1 aliphatic carbocycles. The molecule has 4 rings (SSSR count). The van der Waals surface area contributed by atoms with Crippen molar-refractivity contribution in [2.24, 2.45) is 5.92 Å². The number of hydrogen-bond acceptors (Lipinski definition) is 5. The summed E-state index contributed by atoms with van der Waals surface area (Å²) in [6.45, 7) is 1.36. The molecule has 0 aromatic heterocycles. The summed E-state index contributed by atoms with van der Waals surface area (Å²) in [5.41, 5.74) is 6.34. The molecular weight excluding hydrogens is 376 g/mol. The molecule has 7 nitrogen and oxygen atoms in total. The van der Waals surface area contributed by atoms with Gasteiger partial charge in [-0.3, -0.25) is 10.2 Å². The van der Waals surface area contributed by atoms with Gasteiger partial charge < -0.3 is 4.90 Å². The smallest absolute Gasteiger partial charge is 0.244 e. The first-order chi connectivity index (χ1) is 12.5. The molecule has 2 aliphatic heterocycles. The molecule has 2 heterocycles. The molecule has 1 saturated carbocycles. The van der Waals surface area contributed by atoms with E-state index in [0.29, 0.717) is 25.0 Å². The number of hydrazine groups is 1. The van der Waals surface area contributed by atoms with E-state index in [0.717, 1.165) is 6.42 Å². The fraction of sp³-hybridized carbons (Fsp3) is 0.588. The number of carbonyl (C=O) groups is 1. The lowest BCUT2D eigenvalue weighted by atomic mass is 10.1. The van der Waals surface area contributed by atoms with Gasteiger partial charge in [0.05, 0.1) is 5.02 Å². The van der Waals surface area contributed by atoms with Crippen molar-refractivity contribution in [3.63, 3.8) is 0 Å². The second-order valence-corrected chi connectivity index (χ2v) is 9.49. The summed E-state index contributed by atoms with van der Waals surface area (Å²) in [6, 6.07) is 6.62. The number of piperazine rings is 1. The normalized spacial score (nSPS) is 27.7. The van der Waals surface area contributed by atoms with Crippen molar-refractivity contribution >= 4 is 27.5 Å². The molecule has 0 bridgehead atoms. The van der Waals surface area contributed by atoms with Crippen LogP contribution in [0.5, 0.6) is 0 Å². The molecule has 142 valence electrons. The van der Waals surface area contributed by atoms with Crippen LogP contribution in [0, 0.1) is 5.92 Å². The lowest BCUT2D eigenvalue weighted by molar-refractivity contribution is -0.134. The quantitative estimate of drug-likeness (QED) is 0.784. The lowest BCUT2D eigenvalue weighted by Gasteiger charge is -2.35. The van der Waals surface area contributed by atoms with Crippen LogP contribution in [-0.4, -0.2) is 61.8 Å². The van der Waals surface area contributed by atoms with Crippen molar-refractivity contribution in [3.05, 3.63) is 29.3 Å². The first kappa shape index (κ1) is 18.2. The molecule has 2 atom stereocenters. The van der Waals surface area contributed by atoms with E-state index < -0.39 is 10.0 Å². The molecule has 2 saturated heterocycles. The number of benzene rings is 1. The zero-order chi connectivity index (χ0) is 18.3. The lowest BCUT2D eigenvalue weighted by Crippen LogP contribution is -2.54. The summed E-state index contributed by atoms with van der Waals surface area (Å²) in [5.74, 6) is 0.744. The van der Waals surface area contributed by atoms with Gasteiger partial charge in [0.25, 0.3) is 0 Å². The van der Waals surface area contributed by atoms with Crippen molar-refractivity contribution in [2.45, 2.75) is 36.2 Å². The zero-order valence-corrected chi connectivity index (χ0v) is 16.0. The van der Waals surface area contributed by atoms with Gasteiger partial charge in [-0.25, -0.2) is 13.8 Å². The molecule has 3 aliphatic rings. The van der Waals surface area contributed by atoms with Gasteiger partial charge in [0.2, 0.25) is 15.9 Å². The Kier molecular flexibility index (Phi) is 4.96. The topological polar surface area (TPSA) is 81.8 Å². The third-order valence-electron chi connectivity index (χ3n) is 5.43. The highest BCUT2D eigenvalue weighted by molar-refractivity contribution is 7.89. The molecule has 1 aromatic rings. The molecule has 0 spiro atoms. The minimum Gasteiger partial charge on any atom is -0.339 e. The van der Waals surface area contributed by atoms with Crippen molar-refractivity contribution < 1.29 is 13.2 Å². The van der Waals surface area contributed by atoms with Gasteiger partial charge in [0.1, 0.15) is 10.9 Å². The first-order valence-corrected chi connectivity index (χ1v) is 10.8. The van der Waals surface area contributed by atoms with Crippen LogP contribution in [0.25, 0.3) is 0 Å². The maximum absolute atomic E-state index is 12.8. The molecule has 3 fully saturated rings. The zero-order valence-electron chi connectivity index (χ0n) is 14.4. The second kappa shape index (κ2) is 7.09. The summed E-state index contributed by atoms with van der Waals surface area (Å²) in [6.07, 6.45) is 3.28. The monoisotopic (exact) mass is 398 g/mol. The van der Waals surface area contributed by atoms with E-state index in [1.54, 1.807) is 23.1 Å². The third kappa shape index (κ3) is 3.48. The van der Waals surface area contributed by atoms with Gasteiger partial charge in [0.15, 0.2) is 0 Å². The Labute approximate surface area is 158 Å². The highest BCUT2D eigenvalue weighted by Crippen LogP contribution is 2.35. The Hall–Kier alpha value is -1.19. The number of nitrogens with one attached hydrogen (secondary N) is 2. The van der Waals surface area contributed by atoms with Crippen molar-refractivity contribution in [1.82, 2.24) is 20.1 Å². The molecule has 1 aromatic carbocycles. The average Bonchev–Trinajstić information content (AvgIpc) is 3.38. The Morgan fingerprint density at radius 2 is 1.77 bits per heavy atom. The van der Waals surface area contributed by atoms with Gasteiger partial charge in [-0.2, -0.15) is 4.31 Å². The van der Waals surface area contributed by atoms with Gasteiger partial charge in [-0.1, -0.05) is 23.7 Å². The second-order valence-electron chi connectivity index (χ2n) is 7.18. The Balaban J connectivity index is 1.36. The highest BCUT2D eigenvalue weighted by Gasteiger charge is 2.41. The standard InChI is InChI=1S/C17H23ClN4O3S/c18-13-3-1-2-4-16(13)26(24,25)22-9-7-21(8-10-22)17(23)15-11-14(19-20-15)12-5-6-12/h1-4,12,14-15,19-20H,5-11H2. The fourth-order valence-corrected chi connectivity index (χ4v) is 5.63. The van der Waals surface area contributed by atoms with E-state index >= 15 is 0 Å². The van der Waals surface area contributed by atoms with Crippen LogP contribution in [0.2, 0.25) is 5.02 Å². The number of halogens is 1. The summed E-state index contributed by atoms with van der Waals surface area (Å²) in [7, 11) is -3.64. The van der Waals surface area contributed by atoms with Crippen LogP contribution < -0.4 is 10.9 Å². The third-order valence-corrected chi connectivity index (χ3v) is 7.82.